The van der Waals surface area contributed by atoms with Crippen LogP contribution in [0.2, 0.25) is 0 Å². The number of pyridine rings is 2. The first-order valence-corrected chi connectivity index (χ1v) is 14.0. The van der Waals surface area contributed by atoms with E-state index in [0.717, 1.165) is 52.9 Å². The molecule has 0 bridgehead atoms. The number of rotatable bonds is 8. The third-order valence-corrected chi connectivity index (χ3v) is 5.79. The summed E-state index contributed by atoms with van der Waals surface area (Å²) in [5.74, 6) is -2.34. The average molecular weight is 622 g/mol. The molecule has 0 aromatic carbocycles. The molecule has 1 aliphatic rings. The zero-order valence-corrected chi connectivity index (χ0v) is 25.2. The number of carbonyl (C=O) groups excluding carboxylic acids is 2. The maximum absolute atomic E-state index is 10.1. The summed E-state index contributed by atoms with van der Waals surface area (Å²) in [6.45, 7) is 14.8. The van der Waals surface area contributed by atoms with Crippen LogP contribution in [0.15, 0.2) is 49.1 Å². The molecule has 2 aromatic rings. The third kappa shape index (κ3) is 21.0. The van der Waals surface area contributed by atoms with Gasteiger partial charge in [-0.2, -0.15) is 0 Å². The van der Waals surface area contributed by atoms with E-state index in [1.807, 2.05) is 0 Å². The Kier molecular flexibility index (Phi) is 24.8. The molecule has 0 saturated carbocycles. The molecular formula is C28H46CuN8O4. The number of aromatic carboxylic acids is 2. The van der Waals surface area contributed by atoms with E-state index < -0.39 is 11.9 Å². The monoisotopic (exact) mass is 621 g/mol. The van der Waals surface area contributed by atoms with E-state index in [0.29, 0.717) is 0 Å². The van der Waals surface area contributed by atoms with E-state index in [-0.39, 0.29) is 28.2 Å². The fraction of sp³-hybridized carbons (Fsp3) is 0.571. The molecule has 1 fully saturated rings. The number of hydrogen-bond donors (Lipinski definition) is 4. The van der Waals surface area contributed by atoms with E-state index in [2.05, 4.69) is 54.9 Å². The maximum atomic E-state index is 10.1. The SMILES string of the molecule is CCCCN1CNCCNCN(CCCC)CNCCNC1.O=C([O-])c1ccncc1.O=C([O-])c1ccncc1.[Cu+2]. The van der Waals surface area contributed by atoms with E-state index >= 15 is 0 Å². The fourth-order valence-electron chi connectivity index (χ4n) is 3.47. The van der Waals surface area contributed by atoms with Crippen LogP contribution in [0.3, 0.4) is 0 Å². The zero-order chi connectivity index (χ0) is 29.3. The zero-order valence-electron chi connectivity index (χ0n) is 24.2. The van der Waals surface area contributed by atoms with Crippen LogP contribution >= 0.6 is 0 Å². The Morgan fingerprint density at radius 3 is 1.17 bits per heavy atom. The first-order chi connectivity index (χ1) is 19.5. The van der Waals surface area contributed by atoms with Gasteiger partial charge in [-0.3, -0.25) is 19.8 Å². The van der Waals surface area contributed by atoms with Crippen LogP contribution in [-0.2, 0) is 17.1 Å². The normalized spacial score (nSPS) is 15.5. The summed E-state index contributed by atoms with van der Waals surface area (Å²) in [6, 6.07) is 5.54. The molecule has 0 unspecified atom stereocenters. The number of nitrogens with one attached hydrogen (secondary N) is 4. The maximum Gasteiger partial charge on any atom is 2.00 e. The average Bonchev–Trinajstić information content (AvgIpc) is 2.98. The molecule has 12 nitrogen and oxygen atoms in total. The number of carbonyl (C=O) groups is 2. The van der Waals surface area contributed by atoms with Crippen molar-refractivity contribution < 1.29 is 36.9 Å². The summed E-state index contributed by atoms with van der Waals surface area (Å²) in [4.78, 5) is 32.3. The Bertz CT molecular complexity index is 810. The van der Waals surface area contributed by atoms with Crippen LogP contribution in [-0.4, -0.2) is 97.6 Å². The summed E-state index contributed by atoms with van der Waals surface area (Å²) in [5, 5.41) is 34.3. The van der Waals surface area contributed by atoms with E-state index in [1.54, 1.807) is 0 Å². The van der Waals surface area contributed by atoms with Crippen molar-refractivity contribution in [3.63, 3.8) is 0 Å². The molecule has 1 aliphatic heterocycles. The Hall–Kier alpha value is -2.48. The minimum atomic E-state index is -1.17. The standard InChI is InChI=1S/C16H38N6.2C6H5NO2.Cu/c1-3-5-11-21-13-17-7-9-19-15-22(12-6-4-2)16-20-10-8-18-14-21;2*8-6(9)5-1-3-7-4-2-5;/h17-20H,3-16H2,1-2H3;2*1-4H,(H,8,9);/q;;;+2/p-2. The van der Waals surface area contributed by atoms with Gasteiger partial charge in [-0.05, 0) is 37.1 Å². The summed E-state index contributed by atoms with van der Waals surface area (Å²) in [5.41, 5.74) is 0.315. The molecule has 0 atom stereocenters. The van der Waals surface area contributed by atoms with Crippen molar-refractivity contribution in [3.8, 4) is 0 Å². The first-order valence-electron chi connectivity index (χ1n) is 14.0. The topological polar surface area (TPSA) is 161 Å². The second-order valence-electron chi connectivity index (χ2n) is 9.18. The molecule has 0 amide bonds. The number of carboxylic acids is 2. The van der Waals surface area contributed by atoms with Crippen molar-refractivity contribution in [2.24, 2.45) is 0 Å². The molecule has 0 spiro atoms. The third-order valence-electron chi connectivity index (χ3n) is 5.79. The molecule has 1 saturated heterocycles. The van der Waals surface area contributed by atoms with Crippen molar-refractivity contribution in [2.45, 2.75) is 39.5 Å². The van der Waals surface area contributed by atoms with E-state index in [9.17, 15) is 19.8 Å². The van der Waals surface area contributed by atoms with Crippen molar-refractivity contribution in [1.82, 2.24) is 41.0 Å². The smallest absolute Gasteiger partial charge is 0.545 e. The predicted molar refractivity (Wildman–Crippen MR) is 152 cm³/mol. The Labute approximate surface area is 255 Å². The molecule has 4 N–H and O–H groups in total. The quantitative estimate of drug-likeness (QED) is 0.274. The number of nitrogens with zero attached hydrogens (tertiary/aromatic N) is 4. The van der Waals surface area contributed by atoms with Gasteiger partial charge in [0.05, 0.1) is 11.9 Å². The Morgan fingerprint density at radius 1 is 0.659 bits per heavy atom. The van der Waals surface area contributed by atoms with Crippen LogP contribution in [0.1, 0.15) is 60.2 Å². The van der Waals surface area contributed by atoms with Crippen molar-refractivity contribution in [3.05, 3.63) is 60.2 Å². The predicted octanol–water partition coefficient (Wildman–Crippen LogP) is -0.720. The molecule has 1 radical (unpaired) electrons. The molecule has 2 aromatic heterocycles. The van der Waals surface area contributed by atoms with Gasteiger partial charge in [0.15, 0.2) is 0 Å². The Morgan fingerprint density at radius 2 is 0.951 bits per heavy atom. The first kappa shape index (κ1) is 38.5. The largest absolute Gasteiger partial charge is 2.00 e. The van der Waals surface area contributed by atoms with Crippen LogP contribution in [0.4, 0.5) is 0 Å². The molecule has 13 heteroatoms. The van der Waals surface area contributed by atoms with Gasteiger partial charge in [-0.25, -0.2) is 0 Å². The van der Waals surface area contributed by atoms with Gasteiger partial charge < -0.3 is 41.1 Å². The van der Waals surface area contributed by atoms with Crippen LogP contribution in [0, 0.1) is 0 Å². The van der Waals surface area contributed by atoms with Gasteiger partial charge >= 0.3 is 17.1 Å². The summed E-state index contributed by atoms with van der Waals surface area (Å²) in [6.07, 6.45) is 10.7. The van der Waals surface area contributed by atoms with Crippen LogP contribution in [0.25, 0.3) is 0 Å². The van der Waals surface area contributed by atoms with Crippen LogP contribution < -0.4 is 31.5 Å². The number of hydrogen-bond acceptors (Lipinski definition) is 12. The van der Waals surface area contributed by atoms with Crippen molar-refractivity contribution in [2.75, 3.05) is 65.9 Å². The minimum absolute atomic E-state index is 0. The second-order valence-corrected chi connectivity index (χ2v) is 9.18. The van der Waals surface area contributed by atoms with E-state index in [1.165, 1.54) is 87.8 Å². The Balaban J connectivity index is 0.000000688. The van der Waals surface area contributed by atoms with Gasteiger partial charge in [0.25, 0.3) is 0 Å². The molecule has 3 rings (SSSR count). The van der Waals surface area contributed by atoms with Crippen LogP contribution in [0.5, 0.6) is 0 Å². The molecule has 0 aliphatic carbocycles. The van der Waals surface area contributed by atoms with Gasteiger partial charge in [-0.15, -0.1) is 0 Å². The number of carboxylic acid groups (broad SMARTS) is 2. The second kappa shape index (κ2) is 26.4. The summed E-state index contributed by atoms with van der Waals surface area (Å²) < 4.78 is 0. The van der Waals surface area contributed by atoms with Crippen molar-refractivity contribution in [1.29, 1.82) is 0 Å². The molecule has 233 valence electrons. The summed E-state index contributed by atoms with van der Waals surface area (Å²) >= 11 is 0. The number of unbranched alkanes of at least 4 members (excludes halogenated alkanes) is 2. The van der Waals surface area contributed by atoms with Crippen molar-refractivity contribution >= 4 is 11.9 Å². The minimum Gasteiger partial charge on any atom is -0.545 e. The number of aromatic nitrogens is 2. The molecular weight excluding hydrogens is 576 g/mol. The van der Waals surface area contributed by atoms with Gasteiger partial charge in [0, 0.05) is 102 Å². The fourth-order valence-corrected chi connectivity index (χ4v) is 3.47. The molecule has 3 heterocycles. The van der Waals surface area contributed by atoms with E-state index in [4.69, 9.17) is 0 Å². The summed E-state index contributed by atoms with van der Waals surface area (Å²) in [7, 11) is 0. The van der Waals surface area contributed by atoms with Gasteiger partial charge in [-0.1, -0.05) is 26.7 Å². The van der Waals surface area contributed by atoms with Gasteiger partial charge in [0.1, 0.15) is 0 Å². The van der Waals surface area contributed by atoms with Gasteiger partial charge in [0.2, 0.25) is 0 Å². The molecule has 41 heavy (non-hydrogen) atoms.